The minimum atomic E-state index is 0. The first-order valence-electron chi connectivity index (χ1n) is 10.8. The molecule has 1 fully saturated rings. The van der Waals surface area contributed by atoms with E-state index in [-0.39, 0.29) is 24.0 Å². The minimum Gasteiger partial charge on any atom is -0.497 e. The number of nitrogens with one attached hydrogen (secondary N) is 1. The van der Waals surface area contributed by atoms with Gasteiger partial charge in [0.1, 0.15) is 5.75 Å². The van der Waals surface area contributed by atoms with E-state index in [9.17, 15) is 0 Å². The maximum atomic E-state index is 5.22. The van der Waals surface area contributed by atoms with E-state index >= 15 is 0 Å². The average molecular weight is 525 g/mol. The lowest BCUT2D eigenvalue weighted by Crippen LogP contribution is -2.49. The predicted octanol–water partition coefficient (Wildman–Crippen LogP) is 4.38. The van der Waals surface area contributed by atoms with Gasteiger partial charge >= 0.3 is 0 Å². The van der Waals surface area contributed by atoms with Crippen LogP contribution in [0.1, 0.15) is 44.7 Å². The number of nitrogens with zero attached hydrogens (tertiary/aromatic N) is 4. The monoisotopic (exact) mass is 525 g/mol. The van der Waals surface area contributed by atoms with Gasteiger partial charge in [0.2, 0.25) is 0 Å². The molecule has 3 rings (SSSR count). The maximum absolute atomic E-state index is 5.22. The molecule has 1 saturated heterocycles. The van der Waals surface area contributed by atoms with Crippen molar-refractivity contribution in [2.24, 2.45) is 10.9 Å². The van der Waals surface area contributed by atoms with Gasteiger partial charge in [0.05, 0.1) is 19.5 Å². The second kappa shape index (κ2) is 12.8. The fraction of sp³-hybridized carbons (Fsp3) is 0.565. The summed E-state index contributed by atoms with van der Waals surface area (Å²) in [4.78, 5) is 11.6. The van der Waals surface area contributed by atoms with Crippen LogP contribution in [-0.2, 0) is 6.42 Å². The summed E-state index contributed by atoms with van der Waals surface area (Å²) in [6.45, 7) is 8.27. The Labute approximate surface area is 198 Å². The highest BCUT2D eigenvalue weighted by Crippen LogP contribution is 2.27. The fourth-order valence-electron chi connectivity index (χ4n) is 3.94. The van der Waals surface area contributed by atoms with Gasteiger partial charge in [-0.25, -0.2) is 4.98 Å². The Balaban J connectivity index is 0.00000320. The topological polar surface area (TPSA) is 54.7 Å². The summed E-state index contributed by atoms with van der Waals surface area (Å²) in [6.07, 6.45) is 10.4. The first-order chi connectivity index (χ1) is 14.2. The highest BCUT2D eigenvalue weighted by molar-refractivity contribution is 14.0. The zero-order valence-corrected chi connectivity index (χ0v) is 20.8. The molecule has 2 atom stereocenters. The van der Waals surface area contributed by atoms with Crippen LogP contribution in [0.2, 0.25) is 0 Å². The van der Waals surface area contributed by atoms with Crippen LogP contribution in [0.3, 0.4) is 0 Å². The van der Waals surface area contributed by atoms with Crippen LogP contribution >= 0.6 is 24.0 Å². The summed E-state index contributed by atoms with van der Waals surface area (Å²) >= 11 is 0. The number of aliphatic imine (C=N–C) groups is 1. The molecular formula is C23H36IN5O. The number of benzene rings is 1. The van der Waals surface area contributed by atoms with Crippen molar-refractivity contribution in [2.45, 2.75) is 45.6 Å². The van der Waals surface area contributed by atoms with Crippen LogP contribution in [0.25, 0.3) is 0 Å². The zero-order valence-electron chi connectivity index (χ0n) is 18.5. The number of unbranched alkanes of at least 4 members (excludes halogenated alkanes) is 1. The van der Waals surface area contributed by atoms with E-state index in [1.807, 2.05) is 24.7 Å². The molecule has 0 aliphatic carbocycles. The van der Waals surface area contributed by atoms with E-state index in [1.54, 1.807) is 7.11 Å². The third kappa shape index (κ3) is 6.89. The van der Waals surface area contributed by atoms with Crippen molar-refractivity contribution >= 4 is 29.9 Å². The molecule has 0 spiro atoms. The van der Waals surface area contributed by atoms with Crippen LogP contribution in [0.15, 0.2) is 48.0 Å². The fourth-order valence-corrected chi connectivity index (χ4v) is 3.94. The van der Waals surface area contributed by atoms with Crippen molar-refractivity contribution in [1.29, 1.82) is 0 Å². The van der Waals surface area contributed by atoms with Crippen LogP contribution < -0.4 is 10.1 Å². The lowest BCUT2D eigenvalue weighted by Gasteiger charge is -2.39. The summed E-state index contributed by atoms with van der Waals surface area (Å²) in [6, 6.07) is 8.81. The molecule has 30 heavy (non-hydrogen) atoms. The normalized spacial score (nSPS) is 19.3. The number of rotatable bonds is 8. The summed E-state index contributed by atoms with van der Waals surface area (Å²) in [5.41, 5.74) is 1.36. The Morgan fingerprint density at radius 1 is 1.27 bits per heavy atom. The van der Waals surface area contributed by atoms with Gasteiger partial charge in [0.25, 0.3) is 0 Å². The molecule has 0 bridgehead atoms. The Morgan fingerprint density at radius 2 is 2.07 bits per heavy atom. The van der Waals surface area contributed by atoms with Gasteiger partial charge in [0.15, 0.2) is 5.96 Å². The lowest BCUT2D eigenvalue weighted by atomic mass is 9.93. The molecule has 0 radical (unpaired) electrons. The van der Waals surface area contributed by atoms with Gasteiger partial charge < -0.3 is 19.5 Å². The van der Waals surface area contributed by atoms with E-state index in [0.29, 0.717) is 12.0 Å². The van der Waals surface area contributed by atoms with Crippen molar-refractivity contribution in [1.82, 2.24) is 19.8 Å². The number of halogens is 1. The number of piperidine rings is 1. The molecular weight excluding hydrogens is 489 g/mol. The average Bonchev–Trinajstić information content (AvgIpc) is 3.28. The van der Waals surface area contributed by atoms with E-state index in [4.69, 9.17) is 9.73 Å². The molecule has 0 amide bonds. The molecule has 1 aromatic carbocycles. The molecule has 0 saturated carbocycles. The van der Waals surface area contributed by atoms with Crippen LogP contribution in [0.5, 0.6) is 5.75 Å². The van der Waals surface area contributed by atoms with Crippen molar-refractivity contribution in [3.05, 3.63) is 48.5 Å². The minimum absolute atomic E-state index is 0. The largest absolute Gasteiger partial charge is 0.497 e. The molecule has 1 aromatic heterocycles. The number of aryl methyl sites for hydroxylation is 1. The van der Waals surface area contributed by atoms with Gasteiger partial charge in [-0.3, -0.25) is 4.99 Å². The van der Waals surface area contributed by atoms with Crippen molar-refractivity contribution < 1.29 is 4.74 Å². The maximum Gasteiger partial charge on any atom is 0.193 e. The lowest BCUT2D eigenvalue weighted by molar-refractivity contribution is 0.189. The highest BCUT2D eigenvalue weighted by Gasteiger charge is 2.28. The van der Waals surface area contributed by atoms with Gasteiger partial charge in [-0.2, -0.15) is 0 Å². The third-order valence-corrected chi connectivity index (χ3v) is 5.76. The van der Waals surface area contributed by atoms with Crippen molar-refractivity contribution in [3.63, 3.8) is 0 Å². The molecule has 2 unspecified atom stereocenters. The second-order valence-electron chi connectivity index (χ2n) is 7.83. The standard InChI is InChI=1S/C23H35N5O.HI/c1-4-25-23(26-13-6-5-7-20-8-10-21(29-3)11-9-20)27-15-12-19(2)22(17-27)28-16-14-24-18-28;/h8-11,14,16,18-19,22H,4-7,12-13,15,17H2,1-3H3,(H,25,26);1H. The molecule has 7 heteroatoms. The van der Waals surface area contributed by atoms with Gasteiger partial charge in [-0.15, -0.1) is 24.0 Å². The number of imidazole rings is 1. The first-order valence-corrected chi connectivity index (χ1v) is 10.8. The predicted molar refractivity (Wildman–Crippen MR) is 134 cm³/mol. The molecule has 2 heterocycles. The molecule has 6 nitrogen and oxygen atoms in total. The number of hydrogen-bond acceptors (Lipinski definition) is 3. The SMILES string of the molecule is CCNC(=NCCCCc1ccc(OC)cc1)N1CCC(C)C(n2ccnc2)C1.I. The Hall–Kier alpha value is -1.77. The van der Waals surface area contributed by atoms with Crippen LogP contribution in [0.4, 0.5) is 0 Å². The Morgan fingerprint density at radius 3 is 2.73 bits per heavy atom. The molecule has 1 N–H and O–H groups in total. The summed E-state index contributed by atoms with van der Waals surface area (Å²) in [7, 11) is 1.70. The molecule has 1 aliphatic rings. The number of aromatic nitrogens is 2. The molecule has 166 valence electrons. The van der Waals surface area contributed by atoms with Crippen molar-refractivity contribution in [3.8, 4) is 5.75 Å². The Kier molecular flexibility index (Phi) is 10.5. The number of ether oxygens (including phenoxy) is 1. The van der Waals surface area contributed by atoms with E-state index in [0.717, 1.165) is 57.2 Å². The number of likely N-dealkylation sites (tertiary alicyclic amines) is 1. The number of methoxy groups -OCH3 is 1. The van der Waals surface area contributed by atoms with E-state index < -0.39 is 0 Å². The smallest absolute Gasteiger partial charge is 0.193 e. The molecule has 2 aromatic rings. The summed E-state index contributed by atoms with van der Waals surface area (Å²) in [5.74, 6) is 2.61. The summed E-state index contributed by atoms with van der Waals surface area (Å²) < 4.78 is 7.47. The van der Waals surface area contributed by atoms with Gasteiger partial charge in [-0.1, -0.05) is 19.1 Å². The van der Waals surface area contributed by atoms with E-state index in [1.165, 1.54) is 12.0 Å². The second-order valence-corrected chi connectivity index (χ2v) is 7.83. The highest BCUT2D eigenvalue weighted by atomic mass is 127. The summed E-state index contributed by atoms with van der Waals surface area (Å²) in [5, 5.41) is 3.49. The van der Waals surface area contributed by atoms with Crippen LogP contribution in [-0.4, -0.2) is 53.7 Å². The van der Waals surface area contributed by atoms with E-state index in [2.05, 4.69) is 51.9 Å². The number of guanidine groups is 1. The zero-order chi connectivity index (χ0) is 20.5. The quantitative estimate of drug-likeness (QED) is 0.241. The van der Waals surface area contributed by atoms with Gasteiger partial charge in [0, 0.05) is 38.6 Å². The third-order valence-electron chi connectivity index (χ3n) is 5.76. The van der Waals surface area contributed by atoms with Crippen LogP contribution in [0, 0.1) is 5.92 Å². The number of hydrogen-bond donors (Lipinski definition) is 1. The Bertz CT molecular complexity index is 747. The van der Waals surface area contributed by atoms with Gasteiger partial charge in [-0.05, 0) is 56.2 Å². The van der Waals surface area contributed by atoms with Crippen molar-refractivity contribution in [2.75, 3.05) is 33.3 Å². The molecule has 1 aliphatic heterocycles. The first kappa shape index (κ1) is 24.5.